The number of hydrogen-bond donors (Lipinski definition) is 1. The smallest absolute Gasteiger partial charge is 0.109 e. The monoisotopic (exact) mass is 139 g/mol. The third kappa shape index (κ3) is 1.57. The summed E-state index contributed by atoms with van der Waals surface area (Å²) in [5, 5.41) is 0. The first-order chi connectivity index (χ1) is 4.70. The van der Waals surface area contributed by atoms with Gasteiger partial charge in [-0.2, -0.15) is 0 Å². The summed E-state index contributed by atoms with van der Waals surface area (Å²) in [4.78, 5) is 4.14. The molecule has 0 aliphatic heterocycles. The fourth-order valence-electron chi connectivity index (χ4n) is 0.881. The van der Waals surface area contributed by atoms with E-state index in [0.717, 1.165) is 12.2 Å². The first kappa shape index (κ1) is 7.28. The molecule has 10 heavy (non-hydrogen) atoms. The van der Waals surface area contributed by atoms with Crippen molar-refractivity contribution >= 4 is 0 Å². The molecule has 0 fully saturated rings. The molecule has 0 aliphatic rings. The lowest BCUT2D eigenvalue weighted by molar-refractivity contribution is 0.672. The Hall–Kier alpha value is -0.830. The van der Waals surface area contributed by atoms with Crippen molar-refractivity contribution in [1.29, 1.82) is 0 Å². The van der Waals surface area contributed by atoms with Gasteiger partial charge in [-0.15, -0.1) is 0 Å². The molecular formula is C7H13N3. The molecule has 0 amide bonds. The van der Waals surface area contributed by atoms with Gasteiger partial charge in [0.05, 0.1) is 0 Å². The zero-order valence-electron chi connectivity index (χ0n) is 6.41. The van der Waals surface area contributed by atoms with Gasteiger partial charge in [-0.3, -0.25) is 0 Å². The summed E-state index contributed by atoms with van der Waals surface area (Å²) >= 11 is 0. The zero-order chi connectivity index (χ0) is 7.56. The zero-order valence-corrected chi connectivity index (χ0v) is 6.41. The Morgan fingerprint density at radius 1 is 1.80 bits per heavy atom. The second-order valence-electron chi connectivity index (χ2n) is 2.64. The SMILES string of the molecule is CC(N)Cc1nccn1C. The van der Waals surface area contributed by atoms with Crippen molar-refractivity contribution in [3.8, 4) is 0 Å². The predicted molar refractivity (Wildman–Crippen MR) is 40.6 cm³/mol. The van der Waals surface area contributed by atoms with E-state index in [2.05, 4.69) is 4.98 Å². The standard InChI is InChI=1S/C7H13N3/c1-6(8)5-7-9-3-4-10(7)2/h3-4,6H,5,8H2,1-2H3. The first-order valence-electron chi connectivity index (χ1n) is 3.42. The quantitative estimate of drug-likeness (QED) is 0.640. The third-order valence-electron chi connectivity index (χ3n) is 1.43. The minimum Gasteiger partial charge on any atom is -0.338 e. The van der Waals surface area contributed by atoms with Crippen LogP contribution >= 0.6 is 0 Å². The van der Waals surface area contributed by atoms with Gasteiger partial charge in [0.25, 0.3) is 0 Å². The summed E-state index contributed by atoms with van der Waals surface area (Å²) < 4.78 is 1.99. The van der Waals surface area contributed by atoms with Gasteiger partial charge in [-0.05, 0) is 6.92 Å². The lowest BCUT2D eigenvalue weighted by atomic mass is 10.2. The Morgan fingerprint density at radius 2 is 2.50 bits per heavy atom. The van der Waals surface area contributed by atoms with Gasteiger partial charge in [0.1, 0.15) is 5.82 Å². The summed E-state index contributed by atoms with van der Waals surface area (Å²) in [6.45, 7) is 1.98. The van der Waals surface area contributed by atoms with Crippen LogP contribution in [0.5, 0.6) is 0 Å². The molecule has 1 unspecified atom stereocenters. The van der Waals surface area contributed by atoms with E-state index in [-0.39, 0.29) is 6.04 Å². The molecule has 1 heterocycles. The van der Waals surface area contributed by atoms with Crippen LogP contribution in [0, 0.1) is 0 Å². The topological polar surface area (TPSA) is 43.8 Å². The van der Waals surface area contributed by atoms with E-state index in [9.17, 15) is 0 Å². The largest absolute Gasteiger partial charge is 0.338 e. The molecule has 1 atom stereocenters. The first-order valence-corrected chi connectivity index (χ1v) is 3.42. The lowest BCUT2D eigenvalue weighted by Crippen LogP contribution is -2.19. The van der Waals surface area contributed by atoms with Crippen LogP contribution in [-0.4, -0.2) is 15.6 Å². The van der Waals surface area contributed by atoms with E-state index in [1.165, 1.54) is 0 Å². The summed E-state index contributed by atoms with van der Waals surface area (Å²) in [7, 11) is 1.98. The van der Waals surface area contributed by atoms with E-state index in [1.807, 2.05) is 24.7 Å². The van der Waals surface area contributed by atoms with Crippen molar-refractivity contribution in [2.75, 3.05) is 0 Å². The number of rotatable bonds is 2. The second-order valence-corrected chi connectivity index (χ2v) is 2.64. The van der Waals surface area contributed by atoms with Crippen LogP contribution in [0.2, 0.25) is 0 Å². The van der Waals surface area contributed by atoms with Crippen molar-refractivity contribution < 1.29 is 0 Å². The molecule has 0 radical (unpaired) electrons. The van der Waals surface area contributed by atoms with Gasteiger partial charge in [0.15, 0.2) is 0 Å². The normalized spacial score (nSPS) is 13.5. The van der Waals surface area contributed by atoms with Crippen LogP contribution in [-0.2, 0) is 13.5 Å². The van der Waals surface area contributed by atoms with Gasteiger partial charge >= 0.3 is 0 Å². The molecule has 1 rings (SSSR count). The van der Waals surface area contributed by atoms with Gasteiger partial charge < -0.3 is 10.3 Å². The molecule has 3 nitrogen and oxygen atoms in total. The predicted octanol–water partition coefficient (Wildman–Crippen LogP) is 0.310. The van der Waals surface area contributed by atoms with Crippen molar-refractivity contribution in [1.82, 2.24) is 9.55 Å². The highest BCUT2D eigenvalue weighted by Crippen LogP contribution is 1.96. The van der Waals surface area contributed by atoms with Gasteiger partial charge in [-0.1, -0.05) is 0 Å². The lowest BCUT2D eigenvalue weighted by Gasteiger charge is -2.03. The highest BCUT2D eigenvalue weighted by Gasteiger charge is 2.00. The Bertz CT molecular complexity index is 202. The number of aryl methyl sites for hydroxylation is 1. The summed E-state index contributed by atoms with van der Waals surface area (Å²) in [5.41, 5.74) is 5.60. The highest BCUT2D eigenvalue weighted by molar-refractivity contribution is 4.92. The van der Waals surface area contributed by atoms with Gasteiger partial charge in [0, 0.05) is 31.9 Å². The number of imidazole rings is 1. The van der Waals surface area contributed by atoms with Crippen LogP contribution < -0.4 is 5.73 Å². The molecular weight excluding hydrogens is 126 g/mol. The van der Waals surface area contributed by atoms with E-state index >= 15 is 0 Å². The van der Waals surface area contributed by atoms with E-state index in [1.54, 1.807) is 6.20 Å². The summed E-state index contributed by atoms with van der Waals surface area (Å²) in [6, 6.07) is 0.195. The Morgan fingerprint density at radius 3 is 2.90 bits per heavy atom. The molecule has 0 aromatic carbocycles. The molecule has 0 saturated carbocycles. The maximum atomic E-state index is 5.60. The molecule has 1 aromatic rings. The number of hydrogen-bond acceptors (Lipinski definition) is 2. The number of aromatic nitrogens is 2. The van der Waals surface area contributed by atoms with Crippen LogP contribution in [0.3, 0.4) is 0 Å². The van der Waals surface area contributed by atoms with Gasteiger partial charge in [-0.25, -0.2) is 4.98 Å². The molecule has 0 spiro atoms. The van der Waals surface area contributed by atoms with Crippen molar-refractivity contribution in [2.24, 2.45) is 12.8 Å². The molecule has 56 valence electrons. The molecule has 1 aromatic heterocycles. The average Bonchev–Trinajstić information content (AvgIpc) is 2.15. The molecule has 2 N–H and O–H groups in total. The molecule has 3 heteroatoms. The summed E-state index contributed by atoms with van der Waals surface area (Å²) in [6.07, 6.45) is 4.57. The maximum absolute atomic E-state index is 5.60. The average molecular weight is 139 g/mol. The fraction of sp³-hybridized carbons (Fsp3) is 0.571. The fourth-order valence-corrected chi connectivity index (χ4v) is 0.881. The summed E-state index contributed by atoms with van der Waals surface area (Å²) in [5.74, 6) is 1.05. The Labute approximate surface area is 60.9 Å². The van der Waals surface area contributed by atoms with Crippen molar-refractivity contribution in [3.63, 3.8) is 0 Å². The van der Waals surface area contributed by atoms with Crippen molar-refractivity contribution in [2.45, 2.75) is 19.4 Å². The maximum Gasteiger partial charge on any atom is 0.109 e. The highest BCUT2D eigenvalue weighted by atomic mass is 15.0. The van der Waals surface area contributed by atoms with Crippen molar-refractivity contribution in [3.05, 3.63) is 18.2 Å². The van der Waals surface area contributed by atoms with Crippen LogP contribution in [0.15, 0.2) is 12.4 Å². The Kier molecular flexibility index (Phi) is 2.06. The second kappa shape index (κ2) is 2.84. The Balaban J connectivity index is 2.65. The van der Waals surface area contributed by atoms with Gasteiger partial charge in [0.2, 0.25) is 0 Å². The number of nitrogens with zero attached hydrogens (tertiary/aromatic N) is 2. The molecule has 0 bridgehead atoms. The minimum absolute atomic E-state index is 0.195. The number of nitrogens with two attached hydrogens (primary N) is 1. The van der Waals surface area contributed by atoms with Crippen LogP contribution in [0.25, 0.3) is 0 Å². The van der Waals surface area contributed by atoms with E-state index < -0.39 is 0 Å². The van der Waals surface area contributed by atoms with E-state index in [4.69, 9.17) is 5.73 Å². The molecule has 0 aliphatic carbocycles. The van der Waals surface area contributed by atoms with Crippen LogP contribution in [0.4, 0.5) is 0 Å². The minimum atomic E-state index is 0.195. The third-order valence-corrected chi connectivity index (χ3v) is 1.43. The van der Waals surface area contributed by atoms with Crippen LogP contribution in [0.1, 0.15) is 12.7 Å². The van der Waals surface area contributed by atoms with E-state index in [0.29, 0.717) is 0 Å². The molecule has 0 saturated heterocycles.